The Morgan fingerprint density at radius 3 is 2.80 bits per heavy atom. The van der Waals surface area contributed by atoms with Gasteiger partial charge in [0.05, 0.1) is 17.6 Å². The van der Waals surface area contributed by atoms with E-state index in [0.29, 0.717) is 17.8 Å². The van der Waals surface area contributed by atoms with Gasteiger partial charge < -0.3 is 16.0 Å². The van der Waals surface area contributed by atoms with Crippen LogP contribution < -0.4 is 11.1 Å². The van der Waals surface area contributed by atoms with Crippen LogP contribution in [0.4, 0.5) is 11.4 Å². The molecule has 106 valence electrons. The third-order valence-electron chi connectivity index (χ3n) is 2.95. The highest BCUT2D eigenvalue weighted by Crippen LogP contribution is 2.21. The smallest absolute Gasteiger partial charge is 0.253 e. The van der Waals surface area contributed by atoms with Gasteiger partial charge in [0.2, 0.25) is 0 Å². The van der Waals surface area contributed by atoms with Crippen molar-refractivity contribution < 1.29 is 4.79 Å². The van der Waals surface area contributed by atoms with Gasteiger partial charge in [-0.1, -0.05) is 0 Å². The molecule has 0 atom stereocenters. The van der Waals surface area contributed by atoms with Crippen molar-refractivity contribution in [1.82, 2.24) is 14.7 Å². The first-order valence-corrected chi connectivity index (χ1v) is 6.30. The summed E-state index contributed by atoms with van der Waals surface area (Å²) in [6, 6.07) is 5.24. The van der Waals surface area contributed by atoms with Gasteiger partial charge in [-0.05, 0) is 18.2 Å². The molecule has 0 radical (unpaired) electrons. The molecule has 2 aromatic rings. The van der Waals surface area contributed by atoms with E-state index >= 15 is 0 Å². The van der Waals surface area contributed by atoms with Crippen molar-refractivity contribution in [3.05, 3.63) is 41.7 Å². The molecule has 0 unspecified atom stereocenters. The van der Waals surface area contributed by atoms with E-state index in [0.717, 1.165) is 11.3 Å². The van der Waals surface area contributed by atoms with Gasteiger partial charge in [-0.3, -0.25) is 9.48 Å². The molecule has 6 nitrogen and oxygen atoms in total. The van der Waals surface area contributed by atoms with Gasteiger partial charge in [0.1, 0.15) is 0 Å². The lowest BCUT2D eigenvalue weighted by atomic mass is 10.1. The van der Waals surface area contributed by atoms with Crippen LogP contribution in [0, 0.1) is 0 Å². The summed E-state index contributed by atoms with van der Waals surface area (Å²) in [4.78, 5) is 13.5. The van der Waals surface area contributed by atoms with E-state index in [-0.39, 0.29) is 5.91 Å². The lowest BCUT2D eigenvalue weighted by Gasteiger charge is -2.13. The molecule has 1 aromatic carbocycles. The van der Waals surface area contributed by atoms with Gasteiger partial charge in [-0.2, -0.15) is 5.10 Å². The minimum Gasteiger partial charge on any atom is -0.397 e. The van der Waals surface area contributed by atoms with Gasteiger partial charge >= 0.3 is 0 Å². The molecule has 0 spiro atoms. The van der Waals surface area contributed by atoms with Crippen molar-refractivity contribution >= 4 is 17.3 Å². The topological polar surface area (TPSA) is 76.2 Å². The van der Waals surface area contributed by atoms with Crippen LogP contribution in [0.2, 0.25) is 0 Å². The number of nitrogens with one attached hydrogen (secondary N) is 1. The molecule has 6 heteroatoms. The second kappa shape index (κ2) is 5.64. The van der Waals surface area contributed by atoms with E-state index in [4.69, 9.17) is 5.73 Å². The summed E-state index contributed by atoms with van der Waals surface area (Å²) in [6.07, 6.45) is 3.72. The largest absolute Gasteiger partial charge is 0.397 e. The zero-order chi connectivity index (χ0) is 14.7. The molecular weight excluding hydrogens is 254 g/mol. The Bertz CT molecular complexity index is 618. The highest BCUT2D eigenvalue weighted by Gasteiger charge is 2.10. The first kappa shape index (κ1) is 13.9. The van der Waals surface area contributed by atoms with E-state index < -0.39 is 0 Å². The molecule has 0 fully saturated rings. The van der Waals surface area contributed by atoms with Crippen molar-refractivity contribution in [3.63, 3.8) is 0 Å². The van der Waals surface area contributed by atoms with Gasteiger partial charge in [0, 0.05) is 45.0 Å². The van der Waals surface area contributed by atoms with E-state index in [1.165, 1.54) is 4.90 Å². The molecule has 0 saturated heterocycles. The molecule has 20 heavy (non-hydrogen) atoms. The summed E-state index contributed by atoms with van der Waals surface area (Å²) in [5.41, 5.74) is 8.95. The predicted octanol–water partition coefficient (Wildman–Crippen LogP) is 1.32. The molecule has 1 amide bonds. The Balaban J connectivity index is 2.14. The quantitative estimate of drug-likeness (QED) is 0.824. The van der Waals surface area contributed by atoms with E-state index in [2.05, 4.69) is 10.4 Å². The summed E-state index contributed by atoms with van der Waals surface area (Å²) in [6.45, 7) is 0.609. The van der Waals surface area contributed by atoms with Crippen LogP contribution in [0.25, 0.3) is 0 Å². The molecule has 0 aliphatic heterocycles. The fraction of sp³-hybridized carbons (Fsp3) is 0.286. The minimum atomic E-state index is -0.0468. The number of nitrogens with two attached hydrogens (primary N) is 1. The van der Waals surface area contributed by atoms with Gasteiger partial charge in [0.15, 0.2) is 0 Å². The van der Waals surface area contributed by atoms with Gasteiger partial charge in [-0.25, -0.2) is 0 Å². The van der Waals surface area contributed by atoms with Crippen LogP contribution in [0.1, 0.15) is 15.9 Å². The summed E-state index contributed by atoms with van der Waals surface area (Å²) in [5.74, 6) is -0.0468. The van der Waals surface area contributed by atoms with Crippen LogP contribution in [0.3, 0.4) is 0 Å². The molecule has 0 bridgehead atoms. The Hall–Kier alpha value is -2.50. The van der Waals surface area contributed by atoms with Crippen LogP contribution in [-0.2, 0) is 13.6 Å². The first-order valence-electron chi connectivity index (χ1n) is 6.30. The summed E-state index contributed by atoms with van der Waals surface area (Å²) < 4.78 is 1.74. The Kier molecular flexibility index (Phi) is 3.93. The zero-order valence-electron chi connectivity index (χ0n) is 11.9. The van der Waals surface area contributed by atoms with Gasteiger partial charge in [-0.15, -0.1) is 0 Å². The number of carbonyl (C=O) groups is 1. The SMILES string of the molecule is CN(C)C(=O)c1ccc(N)c(NCc2cnn(C)c2)c1. The van der Waals surface area contributed by atoms with E-state index in [9.17, 15) is 4.79 Å². The van der Waals surface area contributed by atoms with E-state index in [1.54, 1.807) is 43.2 Å². The number of hydrogen-bond acceptors (Lipinski definition) is 4. The van der Waals surface area contributed by atoms with Crippen LogP contribution in [-0.4, -0.2) is 34.7 Å². The summed E-state index contributed by atoms with van der Waals surface area (Å²) in [7, 11) is 5.32. The average Bonchev–Trinajstić information content (AvgIpc) is 2.82. The fourth-order valence-corrected chi connectivity index (χ4v) is 1.86. The number of amides is 1. The number of carbonyl (C=O) groups excluding carboxylic acids is 1. The second-order valence-corrected chi connectivity index (χ2v) is 4.88. The molecule has 2 rings (SSSR count). The molecule has 0 aliphatic rings. The molecule has 0 aliphatic carbocycles. The van der Waals surface area contributed by atoms with Crippen LogP contribution >= 0.6 is 0 Å². The van der Waals surface area contributed by atoms with Crippen LogP contribution in [0.5, 0.6) is 0 Å². The third-order valence-corrected chi connectivity index (χ3v) is 2.95. The molecular formula is C14H19N5O. The normalized spacial score (nSPS) is 10.3. The Morgan fingerprint density at radius 2 is 2.20 bits per heavy atom. The van der Waals surface area contributed by atoms with Crippen molar-refractivity contribution in [2.24, 2.45) is 7.05 Å². The molecule has 3 N–H and O–H groups in total. The van der Waals surface area contributed by atoms with Crippen molar-refractivity contribution in [1.29, 1.82) is 0 Å². The van der Waals surface area contributed by atoms with Crippen molar-refractivity contribution in [3.8, 4) is 0 Å². The second-order valence-electron chi connectivity index (χ2n) is 4.88. The highest BCUT2D eigenvalue weighted by atomic mass is 16.2. The number of aromatic nitrogens is 2. The maximum Gasteiger partial charge on any atom is 0.253 e. The minimum absolute atomic E-state index is 0.0468. The number of anilines is 2. The van der Waals surface area contributed by atoms with Crippen molar-refractivity contribution in [2.45, 2.75) is 6.54 Å². The number of nitrogen functional groups attached to an aromatic ring is 1. The Labute approximate surface area is 118 Å². The lowest BCUT2D eigenvalue weighted by Crippen LogP contribution is -2.21. The molecule has 0 saturated carbocycles. The fourth-order valence-electron chi connectivity index (χ4n) is 1.86. The maximum atomic E-state index is 11.9. The summed E-state index contributed by atoms with van der Waals surface area (Å²) >= 11 is 0. The first-order chi connectivity index (χ1) is 9.47. The number of nitrogens with zero attached hydrogens (tertiary/aromatic N) is 3. The molecule has 1 heterocycles. The maximum absolute atomic E-state index is 11.9. The molecule has 1 aromatic heterocycles. The van der Waals surface area contributed by atoms with Gasteiger partial charge in [0.25, 0.3) is 5.91 Å². The average molecular weight is 273 g/mol. The highest BCUT2D eigenvalue weighted by molar-refractivity contribution is 5.95. The number of benzene rings is 1. The predicted molar refractivity (Wildman–Crippen MR) is 79.4 cm³/mol. The number of rotatable bonds is 4. The standard InChI is InChI=1S/C14H19N5O/c1-18(2)14(20)11-4-5-12(15)13(6-11)16-7-10-8-17-19(3)9-10/h4-6,8-9,16H,7,15H2,1-3H3. The third kappa shape index (κ3) is 3.09. The lowest BCUT2D eigenvalue weighted by molar-refractivity contribution is 0.0827. The number of hydrogen-bond donors (Lipinski definition) is 2. The number of aryl methyl sites for hydroxylation is 1. The van der Waals surface area contributed by atoms with Crippen LogP contribution in [0.15, 0.2) is 30.6 Å². The summed E-state index contributed by atoms with van der Waals surface area (Å²) in [5, 5.41) is 7.33. The van der Waals surface area contributed by atoms with Crippen molar-refractivity contribution in [2.75, 3.05) is 25.1 Å². The Morgan fingerprint density at radius 1 is 1.45 bits per heavy atom. The van der Waals surface area contributed by atoms with E-state index in [1.807, 2.05) is 13.2 Å². The zero-order valence-corrected chi connectivity index (χ0v) is 11.9. The monoisotopic (exact) mass is 273 g/mol.